The molecule has 0 aliphatic carbocycles. The van der Waals surface area contributed by atoms with Gasteiger partial charge >= 0.3 is 0 Å². The van der Waals surface area contributed by atoms with Gasteiger partial charge in [0.15, 0.2) is 0 Å². The molecule has 0 saturated carbocycles. The van der Waals surface area contributed by atoms with E-state index in [2.05, 4.69) is 38.2 Å². The van der Waals surface area contributed by atoms with Crippen LogP contribution in [0.15, 0.2) is 48.6 Å². The first-order valence-corrected chi connectivity index (χ1v) is 5.84. The molecule has 0 rings (SSSR count). The topological polar surface area (TPSA) is 0 Å². The second-order valence-electron chi connectivity index (χ2n) is 3.43. The van der Waals surface area contributed by atoms with Crippen LogP contribution in [-0.4, -0.2) is 0 Å². The van der Waals surface area contributed by atoms with E-state index in [0.29, 0.717) is 0 Å². The zero-order chi connectivity index (χ0) is 11.2. The van der Waals surface area contributed by atoms with Gasteiger partial charge in [-0.2, -0.15) is 0 Å². The van der Waals surface area contributed by atoms with Gasteiger partial charge in [-0.1, -0.05) is 68.4 Å². The van der Waals surface area contributed by atoms with Crippen LogP contribution in [0.4, 0.5) is 0 Å². The van der Waals surface area contributed by atoms with E-state index < -0.39 is 0 Å². The molecule has 0 bridgehead atoms. The van der Waals surface area contributed by atoms with E-state index in [1.54, 1.807) is 6.08 Å². The molecule has 0 nitrogen and oxygen atoms in total. The number of allylic oxidation sites excluding steroid dienone is 8. The quantitative estimate of drug-likeness (QED) is 0.295. The molecule has 83 valence electrons. The van der Waals surface area contributed by atoms with Crippen LogP contribution >= 0.6 is 0 Å². The van der Waals surface area contributed by atoms with Gasteiger partial charge in [-0.05, 0) is 26.2 Å². The molecule has 0 heterocycles. The van der Waals surface area contributed by atoms with Crippen molar-refractivity contribution in [3.63, 3.8) is 0 Å². The molecule has 0 amide bonds. The van der Waals surface area contributed by atoms with Gasteiger partial charge in [-0.15, -0.1) is 0 Å². The first-order chi connectivity index (χ1) is 7.41. The molecule has 0 aliphatic rings. The minimum absolute atomic E-state index is 1.13. The first-order valence-electron chi connectivity index (χ1n) is 5.84. The minimum Gasteiger partial charge on any atom is -0.0885 e. The second-order valence-corrected chi connectivity index (χ2v) is 3.43. The van der Waals surface area contributed by atoms with Crippen LogP contribution in [-0.2, 0) is 0 Å². The molecule has 0 aliphatic heterocycles. The summed E-state index contributed by atoms with van der Waals surface area (Å²) in [6.45, 7) is 5.83. The van der Waals surface area contributed by atoms with Crippen molar-refractivity contribution < 1.29 is 0 Å². The molecule has 0 spiro atoms. The lowest BCUT2D eigenvalue weighted by Crippen LogP contribution is -1.68. The largest absolute Gasteiger partial charge is 0.0885 e. The third-order valence-electron chi connectivity index (χ3n) is 2.00. The lowest BCUT2D eigenvalue weighted by Gasteiger charge is -1.88. The lowest BCUT2D eigenvalue weighted by atomic mass is 10.2. The molecule has 0 fully saturated rings. The van der Waals surface area contributed by atoms with Gasteiger partial charge < -0.3 is 0 Å². The summed E-state index contributed by atoms with van der Waals surface area (Å²) < 4.78 is 0. The van der Waals surface area contributed by atoms with Crippen molar-refractivity contribution in [1.29, 1.82) is 0 Å². The SMILES string of the molecule is [CH2]/C=C/C=C/C=C/CC/C=C/CCCC. The van der Waals surface area contributed by atoms with Crippen LogP contribution in [0.3, 0.4) is 0 Å². The smallest absolute Gasteiger partial charge is 0.0313 e. The molecule has 0 heteroatoms. The molecular weight excluding hydrogens is 180 g/mol. The fraction of sp³-hybridized carbons (Fsp3) is 0.400. The Hall–Kier alpha value is -1.04. The average Bonchev–Trinajstić information content (AvgIpc) is 2.26. The Labute approximate surface area is 95.1 Å². The Bertz CT molecular complexity index is 216. The van der Waals surface area contributed by atoms with E-state index in [-0.39, 0.29) is 0 Å². The fourth-order valence-corrected chi connectivity index (χ4v) is 1.13. The highest BCUT2D eigenvalue weighted by atomic mass is 13.8. The van der Waals surface area contributed by atoms with Gasteiger partial charge in [0.1, 0.15) is 0 Å². The van der Waals surface area contributed by atoms with Gasteiger partial charge in [0.25, 0.3) is 0 Å². The van der Waals surface area contributed by atoms with Crippen LogP contribution in [0.25, 0.3) is 0 Å². The maximum absolute atomic E-state index is 3.60. The summed E-state index contributed by atoms with van der Waals surface area (Å²) in [5.41, 5.74) is 0. The summed E-state index contributed by atoms with van der Waals surface area (Å²) in [4.78, 5) is 0. The van der Waals surface area contributed by atoms with Crippen molar-refractivity contribution in [3.05, 3.63) is 55.5 Å². The predicted octanol–water partition coefficient (Wildman–Crippen LogP) is 5.02. The Morgan fingerprint density at radius 2 is 1.47 bits per heavy atom. The highest BCUT2D eigenvalue weighted by Crippen LogP contribution is 1.98. The van der Waals surface area contributed by atoms with E-state index in [1.807, 2.05) is 18.2 Å². The molecule has 0 atom stereocenters. The minimum atomic E-state index is 1.13. The third-order valence-corrected chi connectivity index (χ3v) is 2.00. The summed E-state index contributed by atoms with van der Waals surface area (Å²) in [5.74, 6) is 0. The molecular formula is C15H23. The van der Waals surface area contributed by atoms with E-state index in [0.717, 1.165) is 12.8 Å². The number of rotatable bonds is 8. The van der Waals surface area contributed by atoms with E-state index >= 15 is 0 Å². The highest BCUT2D eigenvalue weighted by Gasteiger charge is 1.78. The highest BCUT2D eigenvalue weighted by molar-refractivity contribution is 5.11. The van der Waals surface area contributed by atoms with E-state index in [1.165, 1.54) is 19.3 Å². The summed E-state index contributed by atoms with van der Waals surface area (Å²) in [5, 5.41) is 0. The summed E-state index contributed by atoms with van der Waals surface area (Å²) in [7, 11) is 0. The van der Waals surface area contributed by atoms with Crippen LogP contribution in [0.5, 0.6) is 0 Å². The monoisotopic (exact) mass is 203 g/mol. The number of unbranched alkanes of at least 4 members (excludes halogenated alkanes) is 3. The first kappa shape index (κ1) is 14.0. The molecule has 15 heavy (non-hydrogen) atoms. The van der Waals surface area contributed by atoms with Crippen molar-refractivity contribution in [1.82, 2.24) is 0 Å². The Morgan fingerprint density at radius 3 is 2.20 bits per heavy atom. The molecule has 0 aromatic carbocycles. The fourth-order valence-electron chi connectivity index (χ4n) is 1.13. The van der Waals surface area contributed by atoms with Crippen LogP contribution < -0.4 is 0 Å². The molecule has 1 radical (unpaired) electrons. The van der Waals surface area contributed by atoms with Crippen molar-refractivity contribution in [2.24, 2.45) is 0 Å². The Morgan fingerprint density at radius 1 is 0.800 bits per heavy atom. The van der Waals surface area contributed by atoms with Gasteiger partial charge in [0.2, 0.25) is 0 Å². The standard InChI is InChI=1S/C15H23/c1-3-5-7-9-11-13-15-14-12-10-8-6-4-2/h3,5,7,9-13H,1,4,6,8,14-15H2,2H3/b5-3+,9-7+,12-10+,13-11+. The van der Waals surface area contributed by atoms with Gasteiger partial charge in [0, 0.05) is 0 Å². The van der Waals surface area contributed by atoms with Crippen LogP contribution in [0, 0.1) is 6.92 Å². The second kappa shape index (κ2) is 13.0. The Balaban J connectivity index is 3.33. The van der Waals surface area contributed by atoms with E-state index in [9.17, 15) is 0 Å². The lowest BCUT2D eigenvalue weighted by molar-refractivity contribution is 0.811. The normalized spacial score (nSPS) is 12.9. The van der Waals surface area contributed by atoms with Crippen molar-refractivity contribution in [2.45, 2.75) is 39.0 Å². The average molecular weight is 203 g/mol. The summed E-state index contributed by atoms with van der Waals surface area (Å²) in [6, 6.07) is 0. The maximum atomic E-state index is 3.60. The summed E-state index contributed by atoms with van der Waals surface area (Å²) in [6.07, 6.45) is 22.7. The molecule has 0 saturated heterocycles. The third kappa shape index (κ3) is 13.0. The van der Waals surface area contributed by atoms with Crippen molar-refractivity contribution >= 4 is 0 Å². The van der Waals surface area contributed by atoms with E-state index in [4.69, 9.17) is 0 Å². The van der Waals surface area contributed by atoms with Gasteiger partial charge in [-0.3, -0.25) is 0 Å². The number of hydrogen-bond acceptors (Lipinski definition) is 0. The van der Waals surface area contributed by atoms with Gasteiger partial charge in [0.05, 0.1) is 0 Å². The van der Waals surface area contributed by atoms with Crippen LogP contribution in [0.2, 0.25) is 0 Å². The van der Waals surface area contributed by atoms with Crippen molar-refractivity contribution in [3.8, 4) is 0 Å². The molecule has 0 aromatic rings. The van der Waals surface area contributed by atoms with Gasteiger partial charge in [-0.25, -0.2) is 0 Å². The molecule has 0 N–H and O–H groups in total. The maximum Gasteiger partial charge on any atom is -0.0313 e. The molecule has 0 unspecified atom stereocenters. The van der Waals surface area contributed by atoms with Crippen molar-refractivity contribution in [2.75, 3.05) is 0 Å². The zero-order valence-electron chi connectivity index (χ0n) is 9.86. The molecule has 0 aromatic heterocycles. The Kier molecular flexibility index (Phi) is 12.1. The summed E-state index contributed by atoms with van der Waals surface area (Å²) >= 11 is 0. The zero-order valence-corrected chi connectivity index (χ0v) is 9.86. The number of hydrogen-bond donors (Lipinski definition) is 0. The predicted molar refractivity (Wildman–Crippen MR) is 70.7 cm³/mol. The van der Waals surface area contributed by atoms with Crippen LogP contribution in [0.1, 0.15) is 39.0 Å².